The van der Waals surface area contributed by atoms with E-state index in [9.17, 15) is 0 Å². The molecule has 4 N–H and O–H groups in total. The number of oxime groups is 1. The number of hydrogen-bond donors (Lipinski definition) is 3. The lowest BCUT2D eigenvalue weighted by atomic mass is 10.0. The fraction of sp³-hybridized carbons (Fsp3) is 0.667. The summed E-state index contributed by atoms with van der Waals surface area (Å²) in [6.07, 6.45) is 2.88. The van der Waals surface area contributed by atoms with Gasteiger partial charge in [-0.3, -0.25) is 0 Å². The molecule has 80 valence electrons. The van der Waals surface area contributed by atoms with E-state index in [1.54, 1.807) is 0 Å². The smallest absolute Gasteiger partial charge is 0.139 e. The van der Waals surface area contributed by atoms with Crippen molar-refractivity contribution < 1.29 is 5.21 Å². The third-order valence-electron chi connectivity index (χ3n) is 2.46. The van der Waals surface area contributed by atoms with Crippen molar-refractivity contribution in [3.05, 3.63) is 11.6 Å². The largest absolute Gasteiger partial charge is 0.409 e. The summed E-state index contributed by atoms with van der Waals surface area (Å²) in [6.45, 7) is 5.04. The Kier molecular flexibility index (Phi) is 3.77. The first-order valence-corrected chi connectivity index (χ1v) is 4.96. The van der Waals surface area contributed by atoms with E-state index in [-0.39, 0.29) is 5.41 Å². The normalized spacial score (nSPS) is 19.4. The van der Waals surface area contributed by atoms with Gasteiger partial charge in [-0.25, -0.2) is 0 Å². The summed E-state index contributed by atoms with van der Waals surface area (Å²) in [7, 11) is 0. The Labute approximate surface area is 88.8 Å². The minimum absolute atomic E-state index is 0.183. The van der Waals surface area contributed by atoms with Crippen LogP contribution < -0.4 is 11.1 Å². The Morgan fingerprint density at radius 1 is 1.64 bits per heavy atom. The maximum atomic E-state index is 8.45. The van der Waals surface area contributed by atoms with Gasteiger partial charge in [0, 0.05) is 24.5 Å². The van der Waals surface area contributed by atoms with Crippen LogP contribution in [0.3, 0.4) is 0 Å². The summed E-state index contributed by atoms with van der Waals surface area (Å²) in [5.41, 5.74) is 5.64. The van der Waals surface area contributed by atoms with Gasteiger partial charge in [0.15, 0.2) is 0 Å². The molecule has 0 bridgehead atoms. The van der Waals surface area contributed by atoms with Crippen LogP contribution in [0.25, 0.3) is 0 Å². The molecule has 0 atom stereocenters. The standard InChI is InChI=1S/C9H16ClN3O/c1-7(10)5-12-6-9(2-3-9)4-8(11)13-14/h12,14H,1-6H2,(H2,11,13). The number of nitrogens with zero attached hydrogens (tertiary/aromatic N) is 1. The maximum absolute atomic E-state index is 8.45. The van der Waals surface area contributed by atoms with Gasteiger partial charge >= 0.3 is 0 Å². The molecule has 0 saturated heterocycles. The lowest BCUT2D eigenvalue weighted by Crippen LogP contribution is -2.29. The Hall–Kier alpha value is -0.740. The molecular formula is C9H16ClN3O. The molecule has 0 aliphatic heterocycles. The topological polar surface area (TPSA) is 70.6 Å². The maximum Gasteiger partial charge on any atom is 0.139 e. The van der Waals surface area contributed by atoms with Crippen molar-refractivity contribution in [3.63, 3.8) is 0 Å². The summed E-state index contributed by atoms with van der Waals surface area (Å²) >= 11 is 5.61. The van der Waals surface area contributed by atoms with E-state index < -0.39 is 0 Å². The van der Waals surface area contributed by atoms with Gasteiger partial charge in [0.25, 0.3) is 0 Å². The lowest BCUT2D eigenvalue weighted by molar-refractivity contribution is 0.314. The van der Waals surface area contributed by atoms with Gasteiger partial charge in [-0.1, -0.05) is 23.3 Å². The second-order valence-corrected chi connectivity index (χ2v) is 4.42. The van der Waals surface area contributed by atoms with Crippen molar-refractivity contribution in [1.82, 2.24) is 5.32 Å². The van der Waals surface area contributed by atoms with Gasteiger partial charge in [0.2, 0.25) is 0 Å². The van der Waals surface area contributed by atoms with E-state index in [2.05, 4.69) is 17.1 Å². The molecule has 0 aromatic carbocycles. The Balaban J connectivity index is 2.25. The van der Waals surface area contributed by atoms with Gasteiger partial charge in [0.1, 0.15) is 5.84 Å². The zero-order valence-electron chi connectivity index (χ0n) is 8.09. The second-order valence-electron chi connectivity index (χ2n) is 3.89. The average molecular weight is 218 g/mol. The molecule has 0 spiro atoms. The van der Waals surface area contributed by atoms with Crippen LogP contribution in [-0.4, -0.2) is 24.1 Å². The summed E-state index contributed by atoms with van der Waals surface area (Å²) in [5, 5.41) is 15.2. The van der Waals surface area contributed by atoms with Gasteiger partial charge in [0.05, 0.1) is 0 Å². The predicted octanol–water partition coefficient (Wildman–Crippen LogP) is 1.25. The molecule has 1 saturated carbocycles. The quantitative estimate of drug-likeness (QED) is 0.271. The first kappa shape index (κ1) is 11.3. The molecular weight excluding hydrogens is 202 g/mol. The lowest BCUT2D eigenvalue weighted by Gasteiger charge is -2.14. The molecule has 1 aliphatic rings. The van der Waals surface area contributed by atoms with Crippen molar-refractivity contribution in [1.29, 1.82) is 0 Å². The van der Waals surface area contributed by atoms with Crippen molar-refractivity contribution in [2.24, 2.45) is 16.3 Å². The highest BCUT2D eigenvalue weighted by Crippen LogP contribution is 2.48. The molecule has 1 aliphatic carbocycles. The summed E-state index contributed by atoms with van der Waals surface area (Å²) < 4.78 is 0. The van der Waals surface area contributed by atoms with E-state index in [0.29, 0.717) is 23.8 Å². The monoisotopic (exact) mass is 217 g/mol. The summed E-state index contributed by atoms with van der Waals surface area (Å²) in [5.74, 6) is 0.300. The molecule has 0 radical (unpaired) electrons. The minimum Gasteiger partial charge on any atom is -0.409 e. The van der Waals surface area contributed by atoms with Crippen molar-refractivity contribution in [2.75, 3.05) is 13.1 Å². The third-order valence-corrected chi connectivity index (χ3v) is 2.59. The Morgan fingerprint density at radius 2 is 2.29 bits per heavy atom. The van der Waals surface area contributed by atoms with Crippen LogP contribution in [0.15, 0.2) is 16.8 Å². The Morgan fingerprint density at radius 3 is 2.71 bits per heavy atom. The number of hydrogen-bond acceptors (Lipinski definition) is 3. The average Bonchev–Trinajstić information content (AvgIpc) is 2.84. The third kappa shape index (κ3) is 3.55. The highest BCUT2D eigenvalue weighted by Gasteiger charge is 2.42. The fourth-order valence-electron chi connectivity index (χ4n) is 1.48. The molecule has 0 unspecified atom stereocenters. The molecule has 5 heteroatoms. The van der Waals surface area contributed by atoms with E-state index in [1.807, 2.05) is 0 Å². The first-order chi connectivity index (χ1) is 6.58. The molecule has 0 aromatic heterocycles. The van der Waals surface area contributed by atoms with Crippen LogP contribution in [-0.2, 0) is 0 Å². The number of nitrogens with two attached hydrogens (primary N) is 1. The van der Waals surface area contributed by atoms with Gasteiger partial charge in [-0.15, -0.1) is 0 Å². The Bertz CT molecular complexity index is 248. The highest BCUT2D eigenvalue weighted by molar-refractivity contribution is 6.29. The second kappa shape index (κ2) is 4.66. The van der Waals surface area contributed by atoms with Crippen LogP contribution >= 0.6 is 11.6 Å². The molecule has 0 amide bonds. The highest BCUT2D eigenvalue weighted by atomic mass is 35.5. The molecule has 0 aromatic rings. The number of amidine groups is 1. The van der Waals surface area contributed by atoms with Crippen LogP contribution in [0.4, 0.5) is 0 Å². The SMILES string of the molecule is C=C(Cl)CNCC1(CC(N)=NO)CC1. The van der Waals surface area contributed by atoms with Crippen LogP contribution in [0, 0.1) is 5.41 Å². The molecule has 0 heterocycles. The van der Waals surface area contributed by atoms with Crippen LogP contribution in [0.5, 0.6) is 0 Å². The van der Waals surface area contributed by atoms with E-state index in [1.165, 1.54) is 0 Å². The van der Waals surface area contributed by atoms with Crippen LogP contribution in [0.2, 0.25) is 0 Å². The molecule has 4 nitrogen and oxygen atoms in total. The van der Waals surface area contributed by atoms with Gasteiger partial charge < -0.3 is 16.3 Å². The molecule has 1 fully saturated rings. The van der Waals surface area contributed by atoms with Crippen molar-refractivity contribution >= 4 is 17.4 Å². The van der Waals surface area contributed by atoms with Crippen molar-refractivity contribution in [2.45, 2.75) is 19.3 Å². The molecule has 1 rings (SSSR count). The first-order valence-electron chi connectivity index (χ1n) is 4.58. The van der Waals surface area contributed by atoms with Gasteiger partial charge in [-0.2, -0.15) is 0 Å². The van der Waals surface area contributed by atoms with E-state index >= 15 is 0 Å². The molecule has 14 heavy (non-hydrogen) atoms. The minimum atomic E-state index is 0.183. The number of nitrogens with one attached hydrogen (secondary N) is 1. The van der Waals surface area contributed by atoms with Gasteiger partial charge in [-0.05, 0) is 18.3 Å². The van der Waals surface area contributed by atoms with E-state index in [4.69, 9.17) is 22.5 Å². The predicted molar refractivity (Wildman–Crippen MR) is 57.6 cm³/mol. The van der Waals surface area contributed by atoms with E-state index in [0.717, 1.165) is 19.4 Å². The number of halogens is 1. The summed E-state index contributed by atoms with van der Waals surface area (Å²) in [6, 6.07) is 0. The zero-order chi connectivity index (χ0) is 10.6. The summed E-state index contributed by atoms with van der Waals surface area (Å²) in [4.78, 5) is 0. The number of rotatable bonds is 6. The van der Waals surface area contributed by atoms with Crippen LogP contribution in [0.1, 0.15) is 19.3 Å². The van der Waals surface area contributed by atoms with Crippen molar-refractivity contribution in [3.8, 4) is 0 Å². The fourth-order valence-corrected chi connectivity index (χ4v) is 1.57. The zero-order valence-corrected chi connectivity index (χ0v) is 8.85.